The van der Waals surface area contributed by atoms with Crippen molar-refractivity contribution < 1.29 is 10.0 Å². The lowest BCUT2D eigenvalue weighted by atomic mass is 9.97. The van der Waals surface area contributed by atoms with E-state index in [1.807, 2.05) is 4.90 Å². The maximum absolute atomic E-state index is 11.3. The molecule has 1 aromatic carbocycles. The van der Waals surface area contributed by atoms with Gasteiger partial charge in [-0.2, -0.15) is 5.10 Å². The van der Waals surface area contributed by atoms with E-state index in [0.717, 1.165) is 36.8 Å². The van der Waals surface area contributed by atoms with Crippen LogP contribution in [0.4, 0.5) is 11.4 Å². The van der Waals surface area contributed by atoms with Crippen LogP contribution >= 0.6 is 0 Å². The minimum Gasteiger partial charge on any atom is -0.396 e. The number of nitro groups is 1. The van der Waals surface area contributed by atoms with E-state index in [2.05, 4.69) is 5.10 Å². The summed E-state index contributed by atoms with van der Waals surface area (Å²) in [6.45, 7) is 1.64. The standard InChI is InChI=1S/C14H18N4O3/c1-16-8-11-6-14(18(20)21)13(7-12(11)15-16)17-4-2-10(9-19)3-5-17/h6-8,10,19H,2-5,9H2,1H3. The third kappa shape index (κ3) is 2.56. The number of fused-ring (bicyclic) bond motifs is 1. The van der Waals surface area contributed by atoms with Crippen LogP contribution in [0.2, 0.25) is 0 Å². The Balaban J connectivity index is 1.99. The van der Waals surface area contributed by atoms with E-state index >= 15 is 0 Å². The van der Waals surface area contributed by atoms with Gasteiger partial charge in [0.2, 0.25) is 0 Å². The number of aliphatic hydroxyl groups excluding tert-OH is 1. The van der Waals surface area contributed by atoms with Gasteiger partial charge in [-0.05, 0) is 24.8 Å². The highest BCUT2D eigenvalue weighted by Gasteiger charge is 2.25. The van der Waals surface area contributed by atoms with Crippen molar-refractivity contribution in [1.82, 2.24) is 9.78 Å². The van der Waals surface area contributed by atoms with Crippen LogP contribution in [0, 0.1) is 16.0 Å². The Labute approximate surface area is 121 Å². The van der Waals surface area contributed by atoms with E-state index in [9.17, 15) is 15.2 Å². The summed E-state index contributed by atoms with van der Waals surface area (Å²) in [7, 11) is 1.80. The lowest BCUT2D eigenvalue weighted by Gasteiger charge is -2.32. The zero-order chi connectivity index (χ0) is 15.0. The fraction of sp³-hybridized carbons (Fsp3) is 0.500. The predicted octanol–water partition coefficient (Wildman–Crippen LogP) is 1.69. The molecule has 0 bridgehead atoms. The Kier molecular flexibility index (Phi) is 3.50. The zero-order valence-corrected chi connectivity index (χ0v) is 11.9. The molecular weight excluding hydrogens is 272 g/mol. The normalized spacial score (nSPS) is 16.6. The van der Waals surface area contributed by atoms with Gasteiger partial charge in [0.15, 0.2) is 0 Å². The third-order valence-corrected chi connectivity index (χ3v) is 4.13. The molecule has 1 aliphatic heterocycles. The number of piperidine rings is 1. The highest BCUT2D eigenvalue weighted by molar-refractivity contribution is 5.87. The Morgan fingerprint density at radius 1 is 1.43 bits per heavy atom. The molecule has 1 saturated heterocycles. The first-order chi connectivity index (χ1) is 10.1. The topological polar surface area (TPSA) is 84.4 Å². The highest BCUT2D eigenvalue weighted by Crippen LogP contribution is 2.34. The second kappa shape index (κ2) is 5.33. The van der Waals surface area contributed by atoms with Crippen molar-refractivity contribution in [2.75, 3.05) is 24.6 Å². The second-order valence-corrected chi connectivity index (χ2v) is 5.57. The van der Waals surface area contributed by atoms with Crippen LogP contribution in [-0.2, 0) is 7.05 Å². The molecule has 1 fully saturated rings. The van der Waals surface area contributed by atoms with Crippen molar-refractivity contribution in [2.45, 2.75) is 12.8 Å². The van der Waals surface area contributed by atoms with Gasteiger partial charge < -0.3 is 10.0 Å². The van der Waals surface area contributed by atoms with Crippen LogP contribution in [0.15, 0.2) is 18.3 Å². The SMILES string of the molecule is Cn1cc2cc([N+](=O)[O-])c(N3CCC(CO)CC3)cc2n1. The summed E-state index contributed by atoms with van der Waals surface area (Å²) >= 11 is 0. The van der Waals surface area contributed by atoms with Crippen molar-refractivity contribution in [1.29, 1.82) is 0 Å². The lowest BCUT2D eigenvalue weighted by Crippen LogP contribution is -2.35. The van der Waals surface area contributed by atoms with E-state index < -0.39 is 0 Å². The smallest absolute Gasteiger partial charge is 0.293 e. The summed E-state index contributed by atoms with van der Waals surface area (Å²) in [6.07, 6.45) is 3.49. The van der Waals surface area contributed by atoms with Gasteiger partial charge in [0.1, 0.15) is 5.69 Å². The summed E-state index contributed by atoms with van der Waals surface area (Å²) in [5.74, 6) is 0.305. The Morgan fingerprint density at radius 2 is 2.14 bits per heavy atom. The maximum Gasteiger partial charge on any atom is 0.293 e. The molecule has 7 nitrogen and oxygen atoms in total. The maximum atomic E-state index is 11.3. The Hall–Kier alpha value is -2.15. The number of benzene rings is 1. The molecule has 0 atom stereocenters. The first-order valence-corrected chi connectivity index (χ1v) is 7.06. The molecule has 0 spiro atoms. The number of rotatable bonds is 3. The number of hydrogen-bond donors (Lipinski definition) is 1. The van der Waals surface area contributed by atoms with Gasteiger partial charge in [-0.25, -0.2) is 0 Å². The molecule has 21 heavy (non-hydrogen) atoms. The first kappa shape index (κ1) is 13.8. The largest absolute Gasteiger partial charge is 0.396 e. The Bertz CT molecular complexity index is 674. The molecule has 2 heterocycles. The molecule has 7 heteroatoms. The lowest BCUT2D eigenvalue weighted by molar-refractivity contribution is -0.384. The summed E-state index contributed by atoms with van der Waals surface area (Å²) in [5.41, 5.74) is 1.52. The van der Waals surface area contributed by atoms with E-state index in [-0.39, 0.29) is 17.2 Å². The molecule has 1 aliphatic rings. The number of aryl methyl sites for hydroxylation is 1. The molecule has 112 valence electrons. The molecule has 1 aromatic heterocycles. The molecule has 0 unspecified atom stereocenters. The van der Waals surface area contributed by atoms with Crippen molar-refractivity contribution in [3.8, 4) is 0 Å². The average molecular weight is 290 g/mol. The van der Waals surface area contributed by atoms with Gasteiger partial charge in [-0.3, -0.25) is 14.8 Å². The van der Waals surface area contributed by atoms with E-state index in [1.165, 1.54) is 0 Å². The van der Waals surface area contributed by atoms with Crippen LogP contribution in [0.5, 0.6) is 0 Å². The van der Waals surface area contributed by atoms with Gasteiger partial charge in [0.05, 0.1) is 10.4 Å². The third-order valence-electron chi connectivity index (χ3n) is 4.13. The van der Waals surface area contributed by atoms with Crippen molar-refractivity contribution in [3.05, 3.63) is 28.4 Å². The van der Waals surface area contributed by atoms with Crippen LogP contribution in [0.1, 0.15) is 12.8 Å². The van der Waals surface area contributed by atoms with Crippen LogP contribution < -0.4 is 4.90 Å². The number of anilines is 1. The van der Waals surface area contributed by atoms with Crippen LogP contribution in [0.3, 0.4) is 0 Å². The quantitative estimate of drug-likeness (QED) is 0.687. The molecule has 0 radical (unpaired) electrons. The number of aliphatic hydroxyl groups is 1. The van der Waals surface area contributed by atoms with Gasteiger partial charge in [0, 0.05) is 44.4 Å². The summed E-state index contributed by atoms with van der Waals surface area (Å²) < 4.78 is 1.66. The summed E-state index contributed by atoms with van der Waals surface area (Å²) in [4.78, 5) is 13.0. The fourth-order valence-corrected chi connectivity index (χ4v) is 2.93. The van der Waals surface area contributed by atoms with Crippen LogP contribution in [0.25, 0.3) is 10.9 Å². The van der Waals surface area contributed by atoms with Gasteiger partial charge in [-0.1, -0.05) is 0 Å². The predicted molar refractivity (Wildman–Crippen MR) is 79.4 cm³/mol. The molecule has 2 aromatic rings. The van der Waals surface area contributed by atoms with Crippen molar-refractivity contribution in [2.24, 2.45) is 13.0 Å². The van der Waals surface area contributed by atoms with Crippen LogP contribution in [-0.4, -0.2) is 39.5 Å². The number of nitrogens with zero attached hydrogens (tertiary/aromatic N) is 4. The minimum atomic E-state index is -0.333. The van der Waals surface area contributed by atoms with Crippen molar-refractivity contribution >= 4 is 22.3 Å². The summed E-state index contributed by atoms with van der Waals surface area (Å²) in [6, 6.07) is 3.39. The Morgan fingerprint density at radius 3 is 2.76 bits per heavy atom. The number of nitro benzene ring substituents is 1. The van der Waals surface area contributed by atoms with E-state index in [4.69, 9.17) is 0 Å². The number of hydrogen-bond acceptors (Lipinski definition) is 5. The van der Waals surface area contributed by atoms with Gasteiger partial charge in [-0.15, -0.1) is 0 Å². The second-order valence-electron chi connectivity index (χ2n) is 5.57. The molecular formula is C14H18N4O3. The summed E-state index contributed by atoms with van der Waals surface area (Å²) in [5, 5.41) is 25.6. The minimum absolute atomic E-state index is 0.123. The molecule has 0 saturated carbocycles. The fourth-order valence-electron chi connectivity index (χ4n) is 2.93. The average Bonchev–Trinajstić information content (AvgIpc) is 2.85. The van der Waals surface area contributed by atoms with Gasteiger partial charge in [0.25, 0.3) is 5.69 Å². The monoisotopic (exact) mass is 290 g/mol. The van der Waals surface area contributed by atoms with Crippen molar-refractivity contribution in [3.63, 3.8) is 0 Å². The molecule has 0 aliphatic carbocycles. The molecule has 0 amide bonds. The van der Waals surface area contributed by atoms with E-state index in [0.29, 0.717) is 11.6 Å². The van der Waals surface area contributed by atoms with Gasteiger partial charge >= 0.3 is 0 Å². The number of aromatic nitrogens is 2. The highest BCUT2D eigenvalue weighted by atomic mass is 16.6. The zero-order valence-electron chi connectivity index (χ0n) is 11.9. The van der Waals surface area contributed by atoms with E-state index in [1.54, 1.807) is 30.1 Å². The molecule has 3 rings (SSSR count). The first-order valence-electron chi connectivity index (χ1n) is 7.06. The molecule has 1 N–H and O–H groups in total.